The number of carbonyl (C=O) groups is 2. The first-order valence-corrected chi connectivity index (χ1v) is 8.97. The highest BCUT2D eigenvalue weighted by Crippen LogP contribution is 2.22. The Kier molecular flexibility index (Phi) is 7.63. The van der Waals surface area contributed by atoms with Crippen LogP contribution in [0.5, 0.6) is 5.75 Å². The van der Waals surface area contributed by atoms with Gasteiger partial charge in [0.15, 0.2) is 11.6 Å². The number of halogens is 1. The SMILES string of the molecule is C[C@@H](NC(=O)OC(C)(C)C)C(=O)NC(COc1ccccc1F)C(C)(C)C. The Morgan fingerprint density at radius 2 is 1.67 bits per heavy atom. The average molecular weight is 382 g/mol. The minimum atomic E-state index is -0.793. The van der Waals surface area contributed by atoms with E-state index < -0.39 is 29.6 Å². The highest BCUT2D eigenvalue weighted by atomic mass is 19.1. The minimum absolute atomic E-state index is 0.0926. The summed E-state index contributed by atoms with van der Waals surface area (Å²) in [6, 6.07) is 4.91. The third-order valence-corrected chi connectivity index (χ3v) is 3.73. The van der Waals surface area contributed by atoms with Crippen molar-refractivity contribution in [3.8, 4) is 5.75 Å². The zero-order valence-electron chi connectivity index (χ0n) is 17.2. The molecule has 0 spiro atoms. The summed E-state index contributed by atoms with van der Waals surface area (Å²) in [5, 5.41) is 5.36. The maximum atomic E-state index is 13.7. The fraction of sp³-hybridized carbons (Fsp3) is 0.600. The van der Waals surface area contributed by atoms with Gasteiger partial charge < -0.3 is 20.1 Å². The van der Waals surface area contributed by atoms with Crippen molar-refractivity contribution in [1.82, 2.24) is 10.6 Å². The van der Waals surface area contributed by atoms with Crippen LogP contribution in [-0.4, -0.2) is 36.3 Å². The van der Waals surface area contributed by atoms with Gasteiger partial charge in [-0.3, -0.25) is 4.79 Å². The molecule has 0 saturated heterocycles. The first-order valence-electron chi connectivity index (χ1n) is 8.97. The molecule has 1 aromatic carbocycles. The number of rotatable bonds is 6. The van der Waals surface area contributed by atoms with Crippen LogP contribution in [0, 0.1) is 11.2 Å². The molecule has 0 aliphatic rings. The van der Waals surface area contributed by atoms with E-state index in [0.717, 1.165) is 0 Å². The molecule has 0 bridgehead atoms. The van der Waals surface area contributed by atoms with Crippen molar-refractivity contribution in [3.63, 3.8) is 0 Å². The maximum absolute atomic E-state index is 13.7. The highest BCUT2D eigenvalue weighted by molar-refractivity contribution is 5.85. The van der Waals surface area contributed by atoms with E-state index >= 15 is 0 Å². The van der Waals surface area contributed by atoms with Crippen LogP contribution in [-0.2, 0) is 9.53 Å². The van der Waals surface area contributed by atoms with E-state index in [0.29, 0.717) is 0 Å². The Hall–Kier alpha value is -2.31. The van der Waals surface area contributed by atoms with Gasteiger partial charge in [0.1, 0.15) is 18.2 Å². The lowest BCUT2D eigenvalue weighted by molar-refractivity contribution is -0.124. The first kappa shape index (κ1) is 22.7. The van der Waals surface area contributed by atoms with Crippen molar-refractivity contribution in [1.29, 1.82) is 0 Å². The summed E-state index contributed by atoms with van der Waals surface area (Å²) in [7, 11) is 0. The molecule has 27 heavy (non-hydrogen) atoms. The first-order chi connectivity index (χ1) is 12.3. The van der Waals surface area contributed by atoms with Gasteiger partial charge in [0.2, 0.25) is 5.91 Å². The number of benzene rings is 1. The minimum Gasteiger partial charge on any atom is -0.488 e. The zero-order valence-corrected chi connectivity index (χ0v) is 17.2. The number of carbonyl (C=O) groups excluding carboxylic acids is 2. The molecule has 2 amide bonds. The molecule has 0 saturated carbocycles. The van der Waals surface area contributed by atoms with Gasteiger partial charge in [-0.25, -0.2) is 9.18 Å². The molecule has 0 aromatic heterocycles. The summed E-state index contributed by atoms with van der Waals surface area (Å²) in [5.41, 5.74) is -0.992. The summed E-state index contributed by atoms with van der Waals surface area (Å²) in [6.45, 7) is 12.7. The standard InChI is InChI=1S/C20H31FN2O4/c1-13(22-18(25)27-20(5,6)7)17(24)23-16(19(2,3)4)12-26-15-11-9-8-10-14(15)21/h8-11,13,16H,12H2,1-7H3,(H,22,25)(H,23,24)/t13-,16?/m1/s1. The van der Waals surface area contributed by atoms with E-state index in [-0.39, 0.29) is 23.7 Å². The van der Waals surface area contributed by atoms with Crippen molar-refractivity contribution in [2.24, 2.45) is 5.41 Å². The average Bonchev–Trinajstić information content (AvgIpc) is 2.49. The molecule has 1 aromatic rings. The third-order valence-electron chi connectivity index (χ3n) is 3.73. The predicted octanol–water partition coefficient (Wildman–Crippen LogP) is 3.65. The lowest BCUT2D eigenvalue weighted by atomic mass is 9.87. The number of alkyl carbamates (subject to hydrolysis) is 1. The molecule has 6 nitrogen and oxygen atoms in total. The fourth-order valence-corrected chi connectivity index (χ4v) is 2.09. The third kappa shape index (κ3) is 8.28. The van der Waals surface area contributed by atoms with E-state index in [2.05, 4.69) is 10.6 Å². The Morgan fingerprint density at radius 3 is 2.19 bits per heavy atom. The van der Waals surface area contributed by atoms with E-state index in [9.17, 15) is 14.0 Å². The lowest BCUT2D eigenvalue weighted by Crippen LogP contribution is -2.54. The van der Waals surface area contributed by atoms with Crippen LogP contribution >= 0.6 is 0 Å². The molecule has 2 atom stereocenters. The number of nitrogens with one attached hydrogen (secondary N) is 2. The molecule has 1 unspecified atom stereocenters. The van der Waals surface area contributed by atoms with Gasteiger partial charge in [-0.1, -0.05) is 32.9 Å². The smallest absolute Gasteiger partial charge is 0.408 e. The summed E-state index contributed by atoms with van der Waals surface area (Å²) in [6.07, 6.45) is -0.667. The van der Waals surface area contributed by atoms with Gasteiger partial charge in [-0.2, -0.15) is 0 Å². The van der Waals surface area contributed by atoms with Gasteiger partial charge in [-0.05, 0) is 45.2 Å². The van der Waals surface area contributed by atoms with Crippen molar-refractivity contribution >= 4 is 12.0 Å². The Balaban J connectivity index is 2.69. The van der Waals surface area contributed by atoms with E-state index in [1.807, 2.05) is 20.8 Å². The molecule has 0 heterocycles. The number of hydrogen-bond donors (Lipinski definition) is 2. The van der Waals surface area contributed by atoms with Crippen molar-refractivity contribution in [2.45, 2.75) is 66.2 Å². The number of hydrogen-bond acceptors (Lipinski definition) is 4. The van der Waals surface area contributed by atoms with Gasteiger partial charge in [0.25, 0.3) is 0 Å². The van der Waals surface area contributed by atoms with Crippen molar-refractivity contribution in [2.75, 3.05) is 6.61 Å². The van der Waals surface area contributed by atoms with Crippen LogP contribution in [0.4, 0.5) is 9.18 Å². The highest BCUT2D eigenvalue weighted by Gasteiger charge is 2.30. The largest absolute Gasteiger partial charge is 0.488 e. The van der Waals surface area contributed by atoms with Gasteiger partial charge in [0.05, 0.1) is 6.04 Å². The number of para-hydroxylation sites is 1. The quantitative estimate of drug-likeness (QED) is 0.787. The molecule has 1 rings (SSSR count). The molecule has 0 fully saturated rings. The van der Waals surface area contributed by atoms with Gasteiger partial charge in [0, 0.05) is 0 Å². The molecule has 0 aliphatic heterocycles. The van der Waals surface area contributed by atoms with Crippen LogP contribution in [0.15, 0.2) is 24.3 Å². The normalized spacial score (nSPS) is 14.1. The number of amides is 2. The topological polar surface area (TPSA) is 76.7 Å². The molecular weight excluding hydrogens is 351 g/mol. The summed E-state index contributed by atoms with van der Waals surface area (Å²) in [4.78, 5) is 24.3. The summed E-state index contributed by atoms with van der Waals surface area (Å²) in [5.74, 6) is -0.713. The number of ether oxygens (including phenoxy) is 2. The second-order valence-electron chi connectivity index (χ2n) is 8.54. The Labute approximate surface area is 160 Å². The molecule has 152 valence electrons. The predicted molar refractivity (Wildman–Crippen MR) is 102 cm³/mol. The van der Waals surface area contributed by atoms with Crippen molar-refractivity contribution in [3.05, 3.63) is 30.1 Å². The molecular formula is C20H31FN2O4. The van der Waals surface area contributed by atoms with Gasteiger partial charge >= 0.3 is 6.09 Å². The Morgan fingerprint density at radius 1 is 1.07 bits per heavy atom. The van der Waals surface area contributed by atoms with E-state index in [1.54, 1.807) is 39.8 Å². The molecule has 7 heteroatoms. The Bertz CT molecular complexity index is 650. The van der Waals surface area contributed by atoms with E-state index in [4.69, 9.17) is 9.47 Å². The molecule has 0 radical (unpaired) electrons. The monoisotopic (exact) mass is 382 g/mol. The summed E-state index contributed by atoms with van der Waals surface area (Å²) < 4.78 is 24.4. The van der Waals surface area contributed by atoms with Crippen LogP contribution in [0.3, 0.4) is 0 Å². The van der Waals surface area contributed by atoms with E-state index in [1.165, 1.54) is 12.1 Å². The molecule has 2 N–H and O–H groups in total. The summed E-state index contributed by atoms with van der Waals surface area (Å²) >= 11 is 0. The molecule has 0 aliphatic carbocycles. The fourth-order valence-electron chi connectivity index (χ4n) is 2.09. The second kappa shape index (κ2) is 9.06. The van der Waals surface area contributed by atoms with Crippen LogP contribution < -0.4 is 15.4 Å². The van der Waals surface area contributed by atoms with Crippen LogP contribution in [0.2, 0.25) is 0 Å². The maximum Gasteiger partial charge on any atom is 0.408 e. The second-order valence-corrected chi connectivity index (χ2v) is 8.54. The van der Waals surface area contributed by atoms with Crippen molar-refractivity contribution < 1.29 is 23.5 Å². The van der Waals surface area contributed by atoms with Crippen LogP contribution in [0.1, 0.15) is 48.5 Å². The lowest BCUT2D eigenvalue weighted by Gasteiger charge is -2.32. The van der Waals surface area contributed by atoms with Gasteiger partial charge in [-0.15, -0.1) is 0 Å². The van der Waals surface area contributed by atoms with Crippen LogP contribution in [0.25, 0.3) is 0 Å². The zero-order chi connectivity index (χ0) is 20.8.